The lowest BCUT2D eigenvalue weighted by Gasteiger charge is -2.32. The number of rotatable bonds is 4. The molecule has 1 atom stereocenters. The molecule has 0 amide bonds. The molecule has 1 heterocycles. The molecule has 3 aromatic carbocycles. The average molecular weight is 390 g/mol. The molecule has 0 fully saturated rings. The van der Waals surface area contributed by atoms with Crippen LogP contribution in [0.1, 0.15) is 34.7 Å². The second kappa shape index (κ2) is 7.43. The first-order valence-electron chi connectivity index (χ1n) is 9.45. The molecule has 28 heavy (non-hydrogen) atoms. The lowest BCUT2D eigenvalue weighted by molar-refractivity contribution is 0.279. The maximum atomic E-state index is 13.9. The summed E-state index contributed by atoms with van der Waals surface area (Å²) in [4.78, 5) is 0. The molecule has 0 radical (unpaired) electrons. The Morgan fingerprint density at radius 1 is 0.857 bits per heavy atom. The Labute approximate surface area is 166 Å². The third-order valence-electron chi connectivity index (χ3n) is 5.08. The smallest absolute Gasteiger partial charge is 0.411 e. The summed E-state index contributed by atoms with van der Waals surface area (Å²) in [5.74, 6) is 0.597. The third-order valence-corrected chi connectivity index (χ3v) is 7.23. The molecule has 3 nitrogen and oxygen atoms in total. The zero-order valence-corrected chi connectivity index (χ0v) is 17.2. The van der Waals surface area contributed by atoms with E-state index in [9.17, 15) is 4.57 Å². The number of fused-ring (bicyclic) bond motifs is 1. The van der Waals surface area contributed by atoms with Gasteiger partial charge in [0.25, 0.3) is 0 Å². The van der Waals surface area contributed by atoms with Gasteiger partial charge >= 0.3 is 7.60 Å². The van der Waals surface area contributed by atoms with E-state index in [1.54, 1.807) is 0 Å². The van der Waals surface area contributed by atoms with Gasteiger partial charge in [0.2, 0.25) is 0 Å². The predicted molar refractivity (Wildman–Crippen MR) is 115 cm³/mol. The summed E-state index contributed by atoms with van der Waals surface area (Å²) in [6.07, 6.45) is 0. The highest BCUT2D eigenvalue weighted by molar-refractivity contribution is 7.63. The van der Waals surface area contributed by atoms with Gasteiger partial charge in [-0.1, -0.05) is 72.8 Å². The summed E-state index contributed by atoms with van der Waals surface area (Å²) in [5.41, 5.74) is 5.78. The van der Waals surface area contributed by atoms with Crippen LogP contribution >= 0.6 is 7.60 Å². The number of benzene rings is 3. The van der Waals surface area contributed by atoms with E-state index in [1.165, 1.54) is 0 Å². The zero-order valence-electron chi connectivity index (χ0n) is 16.3. The van der Waals surface area contributed by atoms with E-state index in [0.29, 0.717) is 17.7 Å². The lowest BCUT2D eigenvalue weighted by atomic mass is 9.92. The molecule has 0 aromatic heterocycles. The largest absolute Gasteiger partial charge is 0.420 e. The first-order chi connectivity index (χ1) is 13.5. The Hall–Kier alpha value is -2.61. The van der Waals surface area contributed by atoms with Crippen LogP contribution in [-0.2, 0) is 13.6 Å². The van der Waals surface area contributed by atoms with Gasteiger partial charge in [0, 0.05) is 16.7 Å². The first kappa shape index (κ1) is 18.7. The highest BCUT2D eigenvalue weighted by Crippen LogP contribution is 2.58. The molecule has 4 heteroatoms. The molecule has 4 rings (SSSR count). The van der Waals surface area contributed by atoms with Crippen molar-refractivity contribution in [3.63, 3.8) is 0 Å². The van der Waals surface area contributed by atoms with E-state index in [0.717, 1.165) is 33.4 Å². The molecule has 1 unspecified atom stereocenters. The van der Waals surface area contributed by atoms with Gasteiger partial charge in [0.15, 0.2) is 0 Å². The molecule has 0 saturated carbocycles. The van der Waals surface area contributed by atoms with Crippen LogP contribution < -0.4 is 5.30 Å². The van der Waals surface area contributed by atoms with Gasteiger partial charge in [-0.2, -0.15) is 0 Å². The van der Waals surface area contributed by atoms with Gasteiger partial charge in [-0.05, 0) is 37.5 Å². The van der Waals surface area contributed by atoms with Gasteiger partial charge in [-0.25, -0.2) is 4.57 Å². The normalized spacial score (nSPS) is 18.5. The van der Waals surface area contributed by atoms with Crippen LogP contribution in [-0.4, -0.2) is 6.61 Å². The van der Waals surface area contributed by atoms with Crippen molar-refractivity contribution in [2.24, 2.45) is 0 Å². The number of hydrogen-bond donors (Lipinski definition) is 0. The van der Waals surface area contributed by atoms with Crippen molar-refractivity contribution in [3.05, 3.63) is 101 Å². The minimum absolute atomic E-state index is 0.312. The van der Waals surface area contributed by atoms with Gasteiger partial charge in [-0.3, -0.25) is 4.52 Å². The van der Waals surface area contributed by atoms with Gasteiger partial charge in [0.1, 0.15) is 5.76 Å². The van der Waals surface area contributed by atoms with Crippen LogP contribution in [0, 0.1) is 13.8 Å². The minimum Gasteiger partial charge on any atom is -0.420 e. The molecule has 142 valence electrons. The Morgan fingerprint density at radius 2 is 1.46 bits per heavy atom. The fourth-order valence-corrected chi connectivity index (χ4v) is 5.75. The van der Waals surface area contributed by atoms with Crippen LogP contribution in [0.3, 0.4) is 0 Å². The Balaban J connectivity index is 2.10. The molecule has 0 saturated heterocycles. The van der Waals surface area contributed by atoms with Crippen LogP contribution in [0.25, 0.3) is 11.3 Å². The van der Waals surface area contributed by atoms with Crippen LogP contribution in [0.4, 0.5) is 0 Å². The molecule has 0 N–H and O–H groups in total. The monoisotopic (exact) mass is 390 g/mol. The molecule has 0 aliphatic carbocycles. The van der Waals surface area contributed by atoms with E-state index >= 15 is 0 Å². The maximum Gasteiger partial charge on any atom is 0.411 e. The van der Waals surface area contributed by atoms with E-state index < -0.39 is 7.60 Å². The fraction of sp³-hybridized carbons (Fsp3) is 0.167. The van der Waals surface area contributed by atoms with Crippen molar-refractivity contribution < 1.29 is 13.6 Å². The van der Waals surface area contributed by atoms with Gasteiger partial charge in [-0.15, -0.1) is 0 Å². The summed E-state index contributed by atoms with van der Waals surface area (Å²) in [5, 5.41) is 0.674. The summed E-state index contributed by atoms with van der Waals surface area (Å²) in [6, 6.07) is 24.0. The van der Waals surface area contributed by atoms with Crippen molar-refractivity contribution in [3.8, 4) is 0 Å². The Kier molecular flexibility index (Phi) is 4.97. The third kappa shape index (κ3) is 3.11. The van der Waals surface area contributed by atoms with E-state index in [2.05, 4.69) is 18.2 Å². The van der Waals surface area contributed by atoms with Crippen molar-refractivity contribution in [2.75, 3.05) is 6.61 Å². The van der Waals surface area contributed by atoms with Crippen LogP contribution in [0.5, 0.6) is 0 Å². The summed E-state index contributed by atoms with van der Waals surface area (Å²) in [7, 11) is -3.51. The molecule has 1 aliphatic rings. The average Bonchev–Trinajstić information content (AvgIpc) is 2.71. The SMILES string of the molecule is CCOP1(=O)OC(c2ccccc2)=C(c2ccccc2)c2ccc(C)c(C)c21. The maximum absolute atomic E-state index is 13.9. The predicted octanol–water partition coefficient (Wildman–Crippen LogP) is 6.11. The highest BCUT2D eigenvalue weighted by Gasteiger charge is 2.41. The van der Waals surface area contributed by atoms with Crippen molar-refractivity contribution >= 4 is 24.2 Å². The molecule has 1 aliphatic heterocycles. The minimum atomic E-state index is -3.51. The van der Waals surface area contributed by atoms with E-state index in [1.807, 2.05) is 75.4 Å². The quantitative estimate of drug-likeness (QED) is 0.505. The Morgan fingerprint density at radius 3 is 2.07 bits per heavy atom. The van der Waals surface area contributed by atoms with Crippen LogP contribution in [0.2, 0.25) is 0 Å². The van der Waals surface area contributed by atoms with E-state index in [4.69, 9.17) is 9.05 Å². The number of aryl methyl sites for hydroxylation is 1. The molecule has 3 aromatic rings. The van der Waals surface area contributed by atoms with E-state index in [-0.39, 0.29) is 0 Å². The standard InChI is InChI=1S/C24H23O3P/c1-4-26-28(25)24-18(3)17(2)15-16-21(24)22(19-11-7-5-8-12-19)23(27-28)20-13-9-6-10-14-20/h5-16H,4H2,1-3H3. The second-order valence-corrected chi connectivity index (χ2v) is 8.73. The molecule has 0 bridgehead atoms. The Bertz CT molecular complexity index is 1090. The van der Waals surface area contributed by atoms with Crippen molar-refractivity contribution in [2.45, 2.75) is 20.8 Å². The van der Waals surface area contributed by atoms with Crippen molar-refractivity contribution in [1.29, 1.82) is 0 Å². The van der Waals surface area contributed by atoms with Gasteiger partial charge < -0.3 is 4.52 Å². The molecule has 0 spiro atoms. The second-order valence-electron chi connectivity index (χ2n) is 6.85. The summed E-state index contributed by atoms with van der Waals surface area (Å²) >= 11 is 0. The van der Waals surface area contributed by atoms with Crippen molar-refractivity contribution in [1.82, 2.24) is 0 Å². The zero-order chi connectivity index (χ0) is 19.7. The number of hydrogen-bond acceptors (Lipinski definition) is 3. The van der Waals surface area contributed by atoms with Gasteiger partial charge in [0.05, 0.1) is 11.9 Å². The topological polar surface area (TPSA) is 35.5 Å². The fourth-order valence-electron chi connectivity index (χ4n) is 3.63. The first-order valence-corrected chi connectivity index (χ1v) is 11.0. The highest BCUT2D eigenvalue weighted by atomic mass is 31.2. The lowest BCUT2D eigenvalue weighted by Crippen LogP contribution is -2.24. The summed E-state index contributed by atoms with van der Waals surface area (Å²) in [6.45, 7) is 6.16. The molecular formula is C24H23O3P. The summed E-state index contributed by atoms with van der Waals surface area (Å²) < 4.78 is 25.9. The van der Waals surface area contributed by atoms with Crippen LogP contribution in [0.15, 0.2) is 72.8 Å². The molecular weight excluding hydrogens is 367 g/mol.